The maximum atomic E-state index is 10.4. The van der Waals surface area contributed by atoms with Gasteiger partial charge < -0.3 is 20.5 Å². The fourth-order valence-corrected chi connectivity index (χ4v) is 3.10. The standard InChI is InChI=1S/C11H20N2O3/c1-11(2)8(7-3-5-15-9(7)11)13-4-6-16-10(12)14/h7-9,13H,3-6H2,1-2H3,(H2,12,14). The maximum absolute atomic E-state index is 10.4. The molecule has 1 amide bonds. The number of primary amides is 1. The van der Waals surface area contributed by atoms with E-state index in [9.17, 15) is 4.79 Å². The molecule has 2 aliphatic rings. The number of rotatable bonds is 4. The lowest BCUT2D eigenvalue weighted by atomic mass is 9.57. The fraction of sp³-hybridized carbons (Fsp3) is 0.909. The number of fused-ring (bicyclic) bond motifs is 1. The molecule has 3 unspecified atom stereocenters. The van der Waals surface area contributed by atoms with Gasteiger partial charge in [-0.2, -0.15) is 0 Å². The van der Waals surface area contributed by atoms with Crippen molar-refractivity contribution in [3.05, 3.63) is 0 Å². The van der Waals surface area contributed by atoms with Crippen LogP contribution in [0.1, 0.15) is 20.3 Å². The van der Waals surface area contributed by atoms with E-state index in [1.807, 2.05) is 0 Å². The summed E-state index contributed by atoms with van der Waals surface area (Å²) >= 11 is 0. The van der Waals surface area contributed by atoms with Gasteiger partial charge in [-0.15, -0.1) is 0 Å². The van der Waals surface area contributed by atoms with E-state index in [0.29, 0.717) is 31.2 Å². The number of carbonyl (C=O) groups is 1. The highest BCUT2D eigenvalue weighted by molar-refractivity contribution is 5.64. The molecule has 1 heterocycles. The molecule has 5 heteroatoms. The Hall–Kier alpha value is -0.810. The summed E-state index contributed by atoms with van der Waals surface area (Å²) in [7, 11) is 0. The average Bonchev–Trinajstić information content (AvgIpc) is 2.63. The third kappa shape index (κ3) is 1.89. The quantitative estimate of drug-likeness (QED) is 0.687. The van der Waals surface area contributed by atoms with Gasteiger partial charge in [0.05, 0.1) is 6.10 Å². The van der Waals surface area contributed by atoms with Crippen molar-refractivity contribution >= 4 is 6.09 Å². The summed E-state index contributed by atoms with van der Waals surface area (Å²) in [5.41, 5.74) is 5.06. The molecule has 0 spiro atoms. The van der Waals surface area contributed by atoms with Crippen LogP contribution in [-0.4, -0.2) is 38.0 Å². The van der Waals surface area contributed by atoms with Crippen LogP contribution in [0, 0.1) is 11.3 Å². The van der Waals surface area contributed by atoms with Crippen LogP contribution in [0.15, 0.2) is 0 Å². The highest BCUT2D eigenvalue weighted by Crippen LogP contribution is 2.51. The summed E-state index contributed by atoms with van der Waals surface area (Å²) in [6, 6.07) is 0.455. The zero-order valence-electron chi connectivity index (χ0n) is 9.86. The van der Waals surface area contributed by atoms with E-state index in [1.54, 1.807) is 0 Å². The maximum Gasteiger partial charge on any atom is 0.404 e. The molecule has 0 bridgehead atoms. The number of nitrogens with two attached hydrogens (primary N) is 1. The van der Waals surface area contributed by atoms with Crippen LogP contribution < -0.4 is 11.1 Å². The molecule has 1 saturated carbocycles. The van der Waals surface area contributed by atoms with Crippen LogP contribution in [0.2, 0.25) is 0 Å². The first-order valence-electron chi connectivity index (χ1n) is 5.80. The topological polar surface area (TPSA) is 73.6 Å². The summed E-state index contributed by atoms with van der Waals surface area (Å²) in [6.45, 7) is 6.29. The first kappa shape index (κ1) is 11.7. The van der Waals surface area contributed by atoms with E-state index in [0.717, 1.165) is 13.0 Å². The zero-order chi connectivity index (χ0) is 11.8. The molecule has 0 aromatic heterocycles. The molecule has 0 aromatic carbocycles. The Bertz CT molecular complexity index is 280. The first-order chi connectivity index (χ1) is 7.53. The molecule has 1 saturated heterocycles. The summed E-state index contributed by atoms with van der Waals surface area (Å²) in [4.78, 5) is 10.4. The molecule has 5 nitrogen and oxygen atoms in total. The van der Waals surface area contributed by atoms with Crippen molar-refractivity contribution in [2.24, 2.45) is 17.1 Å². The monoisotopic (exact) mass is 228 g/mol. The average molecular weight is 228 g/mol. The van der Waals surface area contributed by atoms with Gasteiger partial charge in [0.15, 0.2) is 0 Å². The van der Waals surface area contributed by atoms with E-state index >= 15 is 0 Å². The van der Waals surface area contributed by atoms with Crippen molar-refractivity contribution < 1.29 is 14.3 Å². The Morgan fingerprint density at radius 2 is 2.38 bits per heavy atom. The fourth-order valence-electron chi connectivity index (χ4n) is 3.10. The van der Waals surface area contributed by atoms with Crippen LogP contribution in [-0.2, 0) is 9.47 Å². The van der Waals surface area contributed by atoms with Crippen molar-refractivity contribution in [3.63, 3.8) is 0 Å². The van der Waals surface area contributed by atoms with Crippen LogP contribution in [0.3, 0.4) is 0 Å². The Balaban J connectivity index is 1.75. The highest BCUT2D eigenvalue weighted by atomic mass is 16.5. The second-order valence-electron chi connectivity index (χ2n) is 5.16. The normalized spacial score (nSPS) is 35.2. The largest absolute Gasteiger partial charge is 0.448 e. The van der Waals surface area contributed by atoms with Gasteiger partial charge in [-0.25, -0.2) is 4.79 Å². The van der Waals surface area contributed by atoms with Gasteiger partial charge in [0.2, 0.25) is 0 Å². The van der Waals surface area contributed by atoms with Gasteiger partial charge in [-0.3, -0.25) is 0 Å². The van der Waals surface area contributed by atoms with Crippen LogP contribution in [0.4, 0.5) is 4.79 Å². The van der Waals surface area contributed by atoms with Crippen LogP contribution in [0.5, 0.6) is 0 Å². The van der Waals surface area contributed by atoms with Gasteiger partial charge >= 0.3 is 6.09 Å². The van der Waals surface area contributed by atoms with Crippen molar-refractivity contribution in [2.45, 2.75) is 32.4 Å². The minimum Gasteiger partial charge on any atom is -0.448 e. The number of hydrogen-bond donors (Lipinski definition) is 2. The molecular weight excluding hydrogens is 208 g/mol. The molecule has 3 N–H and O–H groups in total. The SMILES string of the molecule is CC1(C)C(NCCOC(N)=O)C2CCOC21. The molecule has 2 fully saturated rings. The van der Waals surface area contributed by atoms with Crippen molar-refractivity contribution in [2.75, 3.05) is 19.8 Å². The number of amides is 1. The van der Waals surface area contributed by atoms with Crippen molar-refractivity contribution in [3.8, 4) is 0 Å². The minimum atomic E-state index is -0.711. The second-order valence-corrected chi connectivity index (χ2v) is 5.16. The summed E-state index contributed by atoms with van der Waals surface area (Å²) < 4.78 is 10.4. The number of ether oxygens (including phenoxy) is 2. The molecule has 2 rings (SSSR count). The van der Waals surface area contributed by atoms with Crippen molar-refractivity contribution in [1.82, 2.24) is 5.32 Å². The van der Waals surface area contributed by atoms with Gasteiger partial charge in [-0.05, 0) is 6.42 Å². The third-order valence-corrected chi connectivity index (χ3v) is 3.81. The van der Waals surface area contributed by atoms with E-state index in [1.165, 1.54) is 0 Å². The minimum absolute atomic E-state index is 0.174. The smallest absolute Gasteiger partial charge is 0.404 e. The lowest BCUT2D eigenvalue weighted by Crippen LogP contribution is -2.66. The summed E-state index contributed by atoms with van der Waals surface area (Å²) in [6.07, 6.45) is 0.807. The predicted octanol–water partition coefficient (Wildman–Crippen LogP) is 0.485. The van der Waals surface area contributed by atoms with Gasteiger partial charge in [-0.1, -0.05) is 13.8 Å². The van der Waals surface area contributed by atoms with Crippen LogP contribution in [0.25, 0.3) is 0 Å². The zero-order valence-corrected chi connectivity index (χ0v) is 9.86. The van der Waals surface area contributed by atoms with E-state index < -0.39 is 6.09 Å². The van der Waals surface area contributed by atoms with Gasteiger partial charge in [0.1, 0.15) is 6.61 Å². The number of carbonyl (C=O) groups excluding carboxylic acids is 1. The van der Waals surface area contributed by atoms with E-state index in [2.05, 4.69) is 23.9 Å². The predicted molar refractivity (Wildman–Crippen MR) is 59.0 cm³/mol. The summed E-state index contributed by atoms with van der Waals surface area (Å²) in [5, 5.41) is 3.42. The first-order valence-corrected chi connectivity index (χ1v) is 5.80. The molecule has 1 aliphatic carbocycles. The van der Waals surface area contributed by atoms with Crippen LogP contribution >= 0.6 is 0 Å². The molecule has 1 aliphatic heterocycles. The van der Waals surface area contributed by atoms with Gasteiger partial charge in [0, 0.05) is 30.5 Å². The lowest BCUT2D eigenvalue weighted by molar-refractivity contribution is -0.112. The lowest BCUT2D eigenvalue weighted by Gasteiger charge is -2.54. The molecule has 16 heavy (non-hydrogen) atoms. The Morgan fingerprint density at radius 1 is 1.62 bits per heavy atom. The Labute approximate surface area is 95.7 Å². The van der Waals surface area contributed by atoms with Gasteiger partial charge in [0.25, 0.3) is 0 Å². The van der Waals surface area contributed by atoms with Crippen molar-refractivity contribution in [1.29, 1.82) is 0 Å². The van der Waals surface area contributed by atoms with E-state index in [-0.39, 0.29) is 5.41 Å². The molecular formula is C11H20N2O3. The molecule has 3 atom stereocenters. The Morgan fingerprint density at radius 3 is 3.06 bits per heavy atom. The third-order valence-electron chi connectivity index (χ3n) is 3.81. The highest BCUT2D eigenvalue weighted by Gasteiger charge is 2.58. The molecule has 92 valence electrons. The Kier molecular flexibility index (Phi) is 3.08. The van der Waals surface area contributed by atoms with E-state index in [4.69, 9.17) is 10.5 Å². The number of hydrogen-bond acceptors (Lipinski definition) is 4. The number of nitrogens with one attached hydrogen (secondary N) is 1. The summed E-state index contributed by atoms with van der Waals surface area (Å²) in [5.74, 6) is 0.614. The molecule has 0 radical (unpaired) electrons. The molecule has 0 aromatic rings. The second kappa shape index (κ2) is 4.22.